The quantitative estimate of drug-likeness (QED) is 0.105. The Morgan fingerprint density at radius 2 is 1.90 bits per heavy atom. The number of aromatic nitrogens is 5. The van der Waals surface area contributed by atoms with Gasteiger partial charge in [-0.3, -0.25) is 0 Å². The zero-order valence-corrected chi connectivity index (χ0v) is 28.6. The summed E-state index contributed by atoms with van der Waals surface area (Å²) in [5, 5.41) is 10.5. The van der Waals surface area contributed by atoms with E-state index in [4.69, 9.17) is 10.1 Å². The number of piperidine rings is 2. The van der Waals surface area contributed by atoms with Gasteiger partial charge in [-0.2, -0.15) is 0 Å². The first-order valence-corrected chi connectivity index (χ1v) is 18.7. The van der Waals surface area contributed by atoms with Gasteiger partial charge in [0.15, 0.2) is 0 Å². The maximum Gasteiger partial charge on any atom is -0.0499 e. The van der Waals surface area contributed by atoms with Crippen LogP contribution in [-0.4, -0.2) is 69.0 Å². The van der Waals surface area contributed by atoms with Gasteiger partial charge in [0.1, 0.15) is 0 Å². The summed E-state index contributed by atoms with van der Waals surface area (Å²) in [6.45, 7) is 4.57. The van der Waals surface area contributed by atoms with Gasteiger partial charge >= 0.3 is 247 Å². The molecule has 0 spiro atoms. The van der Waals surface area contributed by atoms with Crippen LogP contribution in [0.5, 0.6) is 0 Å². The molecule has 12 nitrogen and oxygen atoms in total. The molecule has 1 unspecified atom stereocenters. The van der Waals surface area contributed by atoms with E-state index in [1.165, 1.54) is 11.1 Å². The molecular weight excluding hydrogens is 721 g/mol. The van der Waals surface area contributed by atoms with Gasteiger partial charge in [-0.25, -0.2) is 0 Å². The standard InChI is InChI=1S/C35H35IN9O3/c1-22-3-2-4-24(15-22)30-19-38-32(33-37-11-14-43(30)33)40-26-18-39-45(21-26)27-9-12-42(13-10-27)36-17-23-5-6-28-25(16-23)20-44(35(28)48)29-7-8-31(46)41-34(29)47/h2-6,11,14-16,18-19,21,27,29H,7-10,12-13,17,20H2,1H3,(H,38,40)(H,41,46,47)/q-1. The van der Waals surface area contributed by atoms with Gasteiger partial charge in [-0.05, 0) is 13.0 Å². The van der Waals surface area contributed by atoms with Crippen molar-refractivity contribution in [3.8, 4) is 11.3 Å². The van der Waals surface area contributed by atoms with E-state index in [-0.39, 0.29) is 45.6 Å². The van der Waals surface area contributed by atoms with Gasteiger partial charge in [0, 0.05) is 5.56 Å². The van der Waals surface area contributed by atoms with Crippen LogP contribution in [-0.2, 0) is 20.6 Å². The number of rotatable bonds is 8. The zero-order valence-electron chi connectivity index (χ0n) is 26.5. The van der Waals surface area contributed by atoms with Gasteiger partial charge in [0.25, 0.3) is 0 Å². The molecule has 48 heavy (non-hydrogen) atoms. The molecule has 2 fully saturated rings. The molecule has 2 N–H and O–H groups in total. The number of hydrogen-bond acceptors (Lipinski definition) is 8. The molecule has 2 saturated heterocycles. The van der Waals surface area contributed by atoms with Crippen molar-refractivity contribution in [1.82, 2.24) is 37.5 Å². The second-order valence-electron chi connectivity index (χ2n) is 12.6. The topological polar surface area (TPSA) is 130 Å². The number of alkyl halides is 1. The molecule has 0 saturated carbocycles. The fraction of sp³-hybridized carbons (Fsp3) is 0.314. The Morgan fingerprint density at radius 3 is 2.73 bits per heavy atom. The van der Waals surface area contributed by atoms with Crippen molar-refractivity contribution in [3.63, 3.8) is 0 Å². The van der Waals surface area contributed by atoms with E-state index < -0.39 is 6.04 Å². The first-order chi connectivity index (χ1) is 23.4. The summed E-state index contributed by atoms with van der Waals surface area (Å²) in [4.78, 5) is 47.9. The number of carbonyl (C=O) groups is 3. The molecule has 6 heterocycles. The molecule has 8 rings (SSSR count). The van der Waals surface area contributed by atoms with Crippen LogP contribution in [0.2, 0.25) is 0 Å². The van der Waals surface area contributed by atoms with Crippen molar-refractivity contribution < 1.29 is 35.9 Å². The number of fused-ring (bicyclic) bond motifs is 2. The van der Waals surface area contributed by atoms with Gasteiger partial charge < -0.3 is 0 Å². The predicted molar refractivity (Wildman–Crippen MR) is 175 cm³/mol. The molecule has 0 aliphatic carbocycles. The van der Waals surface area contributed by atoms with Crippen molar-refractivity contribution in [2.24, 2.45) is 0 Å². The molecule has 2 aromatic carbocycles. The maximum absolute atomic E-state index is 13.0. The van der Waals surface area contributed by atoms with E-state index >= 15 is 0 Å². The SMILES string of the molecule is Cc1cccc(-c2cnc(Nc3cnn(C4CCN([I-]Cc5ccc6c(c5)CN(C5CCC(=O)NC5=O)C6=O)CC4)c3)c3nccn23)c1. The number of amides is 3. The van der Waals surface area contributed by atoms with E-state index in [0.717, 1.165) is 58.5 Å². The molecule has 3 aromatic heterocycles. The molecule has 1 atom stereocenters. The molecule has 0 bridgehead atoms. The third-order valence-electron chi connectivity index (χ3n) is 9.36. The molecule has 3 aliphatic rings. The van der Waals surface area contributed by atoms with E-state index in [2.05, 4.69) is 77.3 Å². The Kier molecular flexibility index (Phi) is 8.16. The number of aryl methyl sites for hydroxylation is 1. The maximum atomic E-state index is 13.0. The van der Waals surface area contributed by atoms with Crippen LogP contribution in [0.15, 0.2) is 73.4 Å². The molecule has 13 heteroatoms. The third kappa shape index (κ3) is 5.96. The average molecular weight is 757 g/mol. The van der Waals surface area contributed by atoms with Gasteiger partial charge in [0.2, 0.25) is 0 Å². The third-order valence-corrected chi connectivity index (χ3v) is 12.5. The zero-order chi connectivity index (χ0) is 32.8. The number of halogens is 1. The summed E-state index contributed by atoms with van der Waals surface area (Å²) < 4.78 is 7.73. The summed E-state index contributed by atoms with van der Waals surface area (Å²) in [5.74, 6) is -0.0784. The minimum absolute atomic E-state index is 0.123. The average Bonchev–Trinajstić information content (AvgIpc) is 3.84. The molecule has 246 valence electrons. The Bertz CT molecular complexity index is 2050. The van der Waals surface area contributed by atoms with Crippen molar-refractivity contribution in [2.75, 3.05) is 18.4 Å². The molecule has 0 radical (unpaired) electrons. The molecule has 5 aromatic rings. The second kappa shape index (κ2) is 12.8. The molecule has 3 amide bonds. The number of nitrogens with one attached hydrogen (secondary N) is 2. The van der Waals surface area contributed by atoms with E-state index in [0.29, 0.717) is 30.4 Å². The van der Waals surface area contributed by atoms with Crippen molar-refractivity contribution in [2.45, 2.75) is 55.7 Å². The first-order valence-electron chi connectivity index (χ1n) is 16.2. The van der Waals surface area contributed by atoms with Crippen molar-refractivity contribution in [1.29, 1.82) is 0 Å². The summed E-state index contributed by atoms with van der Waals surface area (Å²) in [6.07, 6.45) is 12.3. The Labute approximate surface area is 288 Å². The van der Waals surface area contributed by atoms with Crippen LogP contribution >= 0.6 is 0 Å². The number of benzene rings is 2. The number of nitrogens with zero attached hydrogens (tertiary/aromatic N) is 7. The van der Waals surface area contributed by atoms with E-state index in [1.807, 2.05) is 24.7 Å². The minimum atomic E-state index is -0.582. The normalized spacial score (nSPS) is 18.9. The first kappa shape index (κ1) is 30.7. The van der Waals surface area contributed by atoms with E-state index in [9.17, 15) is 14.4 Å². The van der Waals surface area contributed by atoms with Crippen LogP contribution in [0, 0.1) is 6.92 Å². The number of anilines is 2. The van der Waals surface area contributed by atoms with Gasteiger partial charge in [-0.15, -0.1) is 0 Å². The largest absolute Gasteiger partial charge is 0.0499 e. The Hall–Kier alpha value is -4.63. The summed E-state index contributed by atoms with van der Waals surface area (Å²) in [5.41, 5.74) is 7.81. The van der Waals surface area contributed by atoms with Crippen LogP contribution in [0.3, 0.4) is 0 Å². The fourth-order valence-electron chi connectivity index (χ4n) is 6.85. The van der Waals surface area contributed by atoms with Crippen molar-refractivity contribution >= 4 is 34.9 Å². The minimum Gasteiger partial charge on any atom is -0.0499 e. The summed E-state index contributed by atoms with van der Waals surface area (Å²) in [6, 6.07) is 14.2. The van der Waals surface area contributed by atoms with Crippen molar-refractivity contribution in [3.05, 3.63) is 95.7 Å². The van der Waals surface area contributed by atoms with Crippen LogP contribution in [0.1, 0.15) is 58.8 Å². The fourth-order valence-corrected chi connectivity index (χ4v) is 9.44. The molecular formula is C35H35IN9O3-. The monoisotopic (exact) mass is 756 g/mol. The van der Waals surface area contributed by atoms with Crippen LogP contribution in [0.4, 0.5) is 11.5 Å². The summed E-state index contributed by atoms with van der Waals surface area (Å²) in [7, 11) is 0. The number of carbonyl (C=O) groups excluding carboxylic acids is 3. The molecule has 3 aliphatic heterocycles. The van der Waals surface area contributed by atoms with Gasteiger partial charge in [0.05, 0.1) is 0 Å². The second-order valence-corrected chi connectivity index (χ2v) is 15.4. The number of imide groups is 1. The smallest absolute Gasteiger partial charge is 0.0499 e. The summed E-state index contributed by atoms with van der Waals surface area (Å²) >= 11 is -0.210. The number of imidazole rings is 1. The Morgan fingerprint density at radius 1 is 1.02 bits per heavy atom. The predicted octanol–water partition coefficient (Wildman–Crippen LogP) is 1.25. The van der Waals surface area contributed by atoms with Crippen LogP contribution in [0.25, 0.3) is 16.9 Å². The Balaban J connectivity index is 0.854. The van der Waals surface area contributed by atoms with Crippen LogP contribution < -0.4 is 32.1 Å². The number of hydrogen-bond donors (Lipinski definition) is 2. The van der Waals surface area contributed by atoms with Gasteiger partial charge in [-0.1, -0.05) is 23.8 Å². The van der Waals surface area contributed by atoms with E-state index in [1.54, 1.807) is 11.1 Å².